The highest BCUT2D eigenvalue weighted by molar-refractivity contribution is 7.21. The van der Waals surface area contributed by atoms with Crippen LogP contribution in [0.15, 0.2) is 24.3 Å². The van der Waals surface area contributed by atoms with Crippen LogP contribution in [-0.2, 0) is 6.54 Å². The molecule has 0 bridgehead atoms. The number of aromatic carboxylic acids is 1. The molecule has 0 amide bonds. The molecule has 0 radical (unpaired) electrons. The predicted molar refractivity (Wildman–Crippen MR) is 87.1 cm³/mol. The minimum absolute atomic E-state index is 0.508. The highest BCUT2D eigenvalue weighted by atomic mass is 32.1. The van der Waals surface area contributed by atoms with Crippen molar-refractivity contribution in [1.29, 1.82) is 0 Å². The Morgan fingerprint density at radius 1 is 1.33 bits per heavy atom. The van der Waals surface area contributed by atoms with Crippen LogP contribution >= 0.6 is 11.3 Å². The van der Waals surface area contributed by atoms with Crippen LogP contribution in [0.3, 0.4) is 0 Å². The van der Waals surface area contributed by atoms with Crippen molar-refractivity contribution in [2.24, 2.45) is 5.92 Å². The van der Waals surface area contributed by atoms with Gasteiger partial charge in [-0.15, -0.1) is 11.3 Å². The largest absolute Gasteiger partial charge is 0.477 e. The molecule has 3 rings (SSSR count). The zero-order valence-electron chi connectivity index (χ0n) is 12.3. The maximum Gasteiger partial charge on any atom is 0.346 e. The fourth-order valence-electron chi connectivity index (χ4n) is 3.20. The van der Waals surface area contributed by atoms with Crippen molar-refractivity contribution in [3.63, 3.8) is 0 Å². The van der Waals surface area contributed by atoms with E-state index >= 15 is 0 Å². The first-order valence-corrected chi connectivity index (χ1v) is 8.46. The third-order valence-corrected chi connectivity index (χ3v) is 5.76. The predicted octanol–water partition coefficient (Wildman–Crippen LogP) is 4.22. The Kier molecular flexibility index (Phi) is 4.27. The third kappa shape index (κ3) is 2.97. The molecule has 1 fully saturated rings. The normalized spacial score (nSPS) is 17.4. The molecule has 1 saturated heterocycles. The van der Waals surface area contributed by atoms with Gasteiger partial charge in [-0.25, -0.2) is 4.79 Å². The molecule has 112 valence electrons. The molecule has 1 aliphatic heterocycles. The summed E-state index contributed by atoms with van der Waals surface area (Å²) < 4.78 is 1.08. The van der Waals surface area contributed by atoms with E-state index in [-0.39, 0.29) is 0 Å². The average Bonchev–Trinajstić information content (AvgIpc) is 2.87. The molecule has 3 nitrogen and oxygen atoms in total. The minimum Gasteiger partial charge on any atom is -0.477 e. The second-order valence-corrected chi connectivity index (χ2v) is 6.89. The van der Waals surface area contributed by atoms with Crippen molar-refractivity contribution < 1.29 is 9.90 Å². The van der Waals surface area contributed by atoms with Crippen LogP contribution in [0.2, 0.25) is 0 Å². The summed E-state index contributed by atoms with van der Waals surface area (Å²) in [6.45, 7) is 5.20. The summed E-state index contributed by atoms with van der Waals surface area (Å²) >= 11 is 1.40. The second-order valence-electron chi connectivity index (χ2n) is 5.84. The molecule has 2 aromatic rings. The molecule has 0 atom stereocenters. The van der Waals surface area contributed by atoms with E-state index in [0.717, 1.165) is 41.2 Å². The summed E-state index contributed by atoms with van der Waals surface area (Å²) in [4.78, 5) is 14.4. The number of hydrogen-bond acceptors (Lipinski definition) is 3. The van der Waals surface area contributed by atoms with Gasteiger partial charge in [0.05, 0.1) is 0 Å². The van der Waals surface area contributed by atoms with Crippen molar-refractivity contribution >= 4 is 27.4 Å². The Morgan fingerprint density at radius 3 is 2.71 bits per heavy atom. The molecule has 21 heavy (non-hydrogen) atoms. The van der Waals surface area contributed by atoms with Crippen LogP contribution in [0.1, 0.15) is 41.4 Å². The van der Waals surface area contributed by atoms with E-state index in [1.54, 1.807) is 0 Å². The third-order valence-electron chi connectivity index (χ3n) is 4.56. The smallest absolute Gasteiger partial charge is 0.346 e. The highest BCUT2D eigenvalue weighted by Crippen LogP contribution is 2.33. The van der Waals surface area contributed by atoms with E-state index in [0.29, 0.717) is 4.88 Å². The molecule has 0 unspecified atom stereocenters. The summed E-state index contributed by atoms with van der Waals surface area (Å²) in [6.07, 6.45) is 3.73. The van der Waals surface area contributed by atoms with Gasteiger partial charge in [0.2, 0.25) is 0 Å². The Labute approximate surface area is 129 Å². The number of nitrogens with zero attached hydrogens (tertiary/aromatic N) is 1. The van der Waals surface area contributed by atoms with E-state index in [1.165, 1.54) is 30.6 Å². The van der Waals surface area contributed by atoms with Crippen molar-refractivity contribution in [3.8, 4) is 0 Å². The number of carbonyl (C=O) groups is 1. The average molecular weight is 303 g/mol. The molecule has 0 saturated carbocycles. The lowest BCUT2D eigenvalue weighted by molar-refractivity contribution is 0.0699. The van der Waals surface area contributed by atoms with E-state index in [4.69, 9.17) is 0 Å². The first-order valence-electron chi connectivity index (χ1n) is 7.65. The quantitative estimate of drug-likeness (QED) is 0.919. The van der Waals surface area contributed by atoms with Crippen LogP contribution in [-0.4, -0.2) is 29.1 Å². The van der Waals surface area contributed by atoms with Gasteiger partial charge in [0.15, 0.2) is 0 Å². The van der Waals surface area contributed by atoms with Crippen LogP contribution in [0, 0.1) is 5.92 Å². The molecule has 1 N–H and O–H groups in total. The zero-order chi connectivity index (χ0) is 14.8. The Morgan fingerprint density at radius 2 is 2.05 bits per heavy atom. The standard InChI is InChI=1S/C17H21NO2S/c1-2-12-7-9-18(10-8-12)11-14-13-5-3-4-6-15(13)21-16(14)17(19)20/h3-6,12H,2,7-11H2,1H3,(H,19,20). The van der Waals surface area contributed by atoms with Crippen LogP contribution in [0.25, 0.3) is 10.1 Å². The number of thiophene rings is 1. The highest BCUT2D eigenvalue weighted by Gasteiger charge is 2.22. The van der Waals surface area contributed by atoms with Gasteiger partial charge < -0.3 is 5.11 Å². The van der Waals surface area contributed by atoms with Gasteiger partial charge in [0, 0.05) is 11.2 Å². The van der Waals surface area contributed by atoms with Crippen molar-refractivity contribution in [2.45, 2.75) is 32.7 Å². The maximum absolute atomic E-state index is 11.5. The second kappa shape index (κ2) is 6.16. The lowest BCUT2D eigenvalue weighted by atomic mass is 9.94. The first-order chi connectivity index (χ1) is 10.2. The molecule has 1 aromatic carbocycles. The lowest BCUT2D eigenvalue weighted by Crippen LogP contribution is -2.33. The zero-order valence-corrected chi connectivity index (χ0v) is 13.2. The van der Waals surface area contributed by atoms with Gasteiger partial charge in [0.1, 0.15) is 4.88 Å². The van der Waals surface area contributed by atoms with Gasteiger partial charge in [-0.1, -0.05) is 31.5 Å². The van der Waals surface area contributed by atoms with E-state index in [2.05, 4.69) is 11.8 Å². The molecule has 0 spiro atoms. The van der Waals surface area contributed by atoms with Gasteiger partial charge in [-0.3, -0.25) is 4.90 Å². The number of benzene rings is 1. The Bertz CT molecular complexity index is 641. The topological polar surface area (TPSA) is 40.5 Å². The number of hydrogen-bond donors (Lipinski definition) is 1. The van der Waals surface area contributed by atoms with E-state index in [1.807, 2.05) is 24.3 Å². The molecular formula is C17H21NO2S. The SMILES string of the molecule is CCC1CCN(Cc2c(C(=O)O)sc3ccccc23)CC1. The Balaban J connectivity index is 1.86. The minimum atomic E-state index is -0.797. The van der Waals surface area contributed by atoms with Gasteiger partial charge in [-0.05, 0) is 48.9 Å². The molecule has 1 aliphatic rings. The summed E-state index contributed by atoms with van der Waals surface area (Å²) in [5.41, 5.74) is 0.998. The van der Waals surface area contributed by atoms with Crippen molar-refractivity contribution in [1.82, 2.24) is 4.90 Å². The Hall–Kier alpha value is -1.39. The first kappa shape index (κ1) is 14.5. The number of rotatable bonds is 4. The number of likely N-dealkylation sites (tertiary alicyclic amines) is 1. The number of piperidine rings is 1. The van der Waals surface area contributed by atoms with Crippen LogP contribution in [0.4, 0.5) is 0 Å². The number of carboxylic acid groups (broad SMARTS) is 1. The molecule has 2 heterocycles. The molecular weight excluding hydrogens is 282 g/mol. The maximum atomic E-state index is 11.5. The fraction of sp³-hybridized carbons (Fsp3) is 0.471. The van der Waals surface area contributed by atoms with Gasteiger partial charge >= 0.3 is 5.97 Å². The van der Waals surface area contributed by atoms with Gasteiger partial charge in [-0.2, -0.15) is 0 Å². The number of carboxylic acids is 1. The molecule has 0 aliphatic carbocycles. The summed E-state index contributed by atoms with van der Waals surface area (Å²) in [7, 11) is 0. The van der Waals surface area contributed by atoms with Crippen molar-refractivity contribution in [3.05, 3.63) is 34.7 Å². The van der Waals surface area contributed by atoms with Crippen LogP contribution < -0.4 is 0 Å². The van der Waals surface area contributed by atoms with E-state index < -0.39 is 5.97 Å². The summed E-state index contributed by atoms with van der Waals surface area (Å²) in [5, 5.41) is 10.6. The summed E-state index contributed by atoms with van der Waals surface area (Å²) in [5.74, 6) is 0.0501. The van der Waals surface area contributed by atoms with E-state index in [9.17, 15) is 9.90 Å². The van der Waals surface area contributed by atoms with Gasteiger partial charge in [0.25, 0.3) is 0 Å². The molecule has 1 aromatic heterocycles. The van der Waals surface area contributed by atoms with Crippen LogP contribution in [0.5, 0.6) is 0 Å². The van der Waals surface area contributed by atoms with Crippen molar-refractivity contribution in [2.75, 3.05) is 13.1 Å². The summed E-state index contributed by atoms with van der Waals surface area (Å²) in [6, 6.07) is 8.03. The lowest BCUT2D eigenvalue weighted by Gasteiger charge is -2.31. The number of fused-ring (bicyclic) bond motifs is 1. The molecule has 4 heteroatoms. The monoisotopic (exact) mass is 303 g/mol. The fourth-order valence-corrected chi connectivity index (χ4v) is 4.26.